The monoisotopic (exact) mass is 1790 g/mol. The van der Waals surface area contributed by atoms with Crippen LogP contribution in [0.2, 0.25) is 0 Å². The van der Waals surface area contributed by atoms with Crippen LogP contribution in [0.1, 0.15) is 135 Å². The van der Waals surface area contributed by atoms with Gasteiger partial charge in [-0.15, -0.1) is 0 Å². The number of pyridine rings is 2. The molecule has 2 aliphatic carbocycles. The van der Waals surface area contributed by atoms with Crippen molar-refractivity contribution in [2.24, 2.45) is 0 Å². The third-order valence-electron chi connectivity index (χ3n) is 30.1. The van der Waals surface area contributed by atoms with Gasteiger partial charge in [-0.25, -0.2) is 4.98 Å². The predicted molar refractivity (Wildman–Crippen MR) is 554 cm³/mol. The van der Waals surface area contributed by atoms with Crippen LogP contribution in [0.3, 0.4) is 0 Å². The lowest BCUT2D eigenvalue weighted by Gasteiger charge is -2.45. The van der Waals surface area contributed by atoms with Crippen molar-refractivity contribution in [1.82, 2.24) is 9.97 Å². The van der Waals surface area contributed by atoms with Crippen molar-refractivity contribution in [2.75, 3.05) is 9.80 Å². The number of hydrogen-bond acceptors (Lipinski definition) is 10. The third kappa shape index (κ3) is 13.1. The van der Waals surface area contributed by atoms with E-state index < -0.39 is 43.2 Å². The Labute approximate surface area is 789 Å². The molecule has 25 rings (SSSR count). The highest BCUT2D eigenvalue weighted by atomic mass is 79.9. The molecular formula is C119H102B3BrN4O6. The molecule has 0 unspecified atom stereocenters. The molecule has 7 aliphatic rings. The first kappa shape index (κ1) is 85.4. The van der Waals surface area contributed by atoms with E-state index in [-0.39, 0.29) is 29.8 Å². The van der Waals surface area contributed by atoms with Crippen molar-refractivity contribution in [3.8, 4) is 66.8 Å². The van der Waals surface area contributed by atoms with Crippen molar-refractivity contribution in [3.63, 3.8) is 0 Å². The van der Waals surface area contributed by atoms with Crippen LogP contribution < -0.4 is 15.4 Å². The van der Waals surface area contributed by atoms with Gasteiger partial charge in [0, 0.05) is 34.9 Å². The fourth-order valence-corrected chi connectivity index (χ4v) is 22.1. The van der Waals surface area contributed by atoms with E-state index in [1.165, 1.54) is 166 Å². The summed E-state index contributed by atoms with van der Waals surface area (Å²) in [5.41, 5.74) is 29.5. The molecule has 0 atom stereocenters. The van der Waals surface area contributed by atoms with Gasteiger partial charge >= 0.3 is 21.1 Å². The van der Waals surface area contributed by atoms with Gasteiger partial charge in [0.25, 0.3) is 0 Å². The summed E-state index contributed by atoms with van der Waals surface area (Å²) in [6, 6.07) is 134. The predicted octanol–water partition coefficient (Wildman–Crippen LogP) is 29.7. The number of hydrogen-bond donors (Lipinski definition) is 0. The summed E-state index contributed by atoms with van der Waals surface area (Å²) in [5.74, 6) is 0. The van der Waals surface area contributed by atoms with E-state index in [4.69, 9.17) is 32.9 Å². The number of rotatable bonds is 8. The second-order valence-corrected chi connectivity index (χ2v) is 39.7. The van der Waals surface area contributed by atoms with Crippen LogP contribution in [0.25, 0.3) is 110 Å². The summed E-state index contributed by atoms with van der Waals surface area (Å²) in [6.07, 6.45) is 3.96. The van der Waals surface area contributed by atoms with Crippen LogP contribution in [-0.2, 0) is 38.8 Å². The third-order valence-corrected chi connectivity index (χ3v) is 30.6. The van der Waals surface area contributed by atoms with Gasteiger partial charge in [0.15, 0.2) is 0 Å². The van der Waals surface area contributed by atoms with Crippen molar-refractivity contribution in [2.45, 2.75) is 135 Å². The molecule has 7 heterocycles. The fourth-order valence-electron chi connectivity index (χ4n) is 21.9. The normalized spacial score (nSPS) is 17.2. The molecule has 0 N–H and O–H groups in total. The smallest absolute Gasteiger partial charge is 0.405 e. The SMILES string of the molecule is Brc1ccc(-c2c3ccccc3c(-c3ccc4c(c3)C3(c5ccccc5-4)c4ccccc4N(c4ccccc4)c4ccccc43)c3ccccc23)cn1.C.CC1(C)OB(B2OC(C)(C)C(C)(C)O2)OC1(C)C.CC1(C)OB(c2ccc(-c3c4ccccc4c(-c4ccc5c(c4)C4(c6ccccc6-5)c5ccccc5N(c5ccccc5)c5ccccc54)c4ccccc34)cn2)OC1(C)C. The molecule has 0 saturated carbocycles. The van der Waals surface area contributed by atoms with Gasteiger partial charge in [-0.05, 0) is 315 Å². The summed E-state index contributed by atoms with van der Waals surface area (Å²) in [4.78, 5) is 14.5. The van der Waals surface area contributed by atoms with Crippen molar-refractivity contribution < 1.29 is 27.9 Å². The van der Waals surface area contributed by atoms with E-state index in [1.54, 1.807) is 0 Å². The quantitative estimate of drug-likeness (QED) is 0.0833. The Morgan fingerprint density at radius 1 is 0.241 bits per heavy atom. The highest BCUT2D eigenvalue weighted by molar-refractivity contribution is 9.10. The Morgan fingerprint density at radius 3 is 0.805 bits per heavy atom. The zero-order valence-electron chi connectivity index (χ0n) is 76.1. The van der Waals surface area contributed by atoms with Gasteiger partial charge < -0.3 is 37.7 Å². The average molecular weight is 1800 g/mol. The molecule has 0 bridgehead atoms. The summed E-state index contributed by atoms with van der Waals surface area (Å²) in [6.45, 7) is 24.5. The van der Waals surface area contributed by atoms with Crippen LogP contribution in [0.4, 0.5) is 34.1 Å². The molecule has 133 heavy (non-hydrogen) atoms. The molecular weight excluding hydrogens is 1690 g/mol. The second kappa shape index (κ2) is 31.8. The Hall–Kier alpha value is -13.1. The lowest BCUT2D eigenvalue weighted by Crippen LogP contribution is -2.41. The van der Waals surface area contributed by atoms with Crippen LogP contribution in [0.5, 0.6) is 0 Å². The number of fused-ring (bicyclic) bond motifs is 22. The van der Waals surface area contributed by atoms with Crippen LogP contribution in [0, 0.1) is 0 Å². The van der Waals surface area contributed by atoms with Crippen molar-refractivity contribution in [1.29, 1.82) is 0 Å². The molecule has 14 heteroatoms. The van der Waals surface area contributed by atoms with E-state index in [0.717, 1.165) is 32.7 Å². The van der Waals surface area contributed by atoms with Crippen LogP contribution in [-0.4, -0.2) is 64.7 Å². The first-order chi connectivity index (χ1) is 63.9. The Morgan fingerprint density at radius 2 is 0.496 bits per heavy atom. The molecule has 2 aromatic heterocycles. The first-order valence-electron chi connectivity index (χ1n) is 46.0. The zero-order valence-corrected chi connectivity index (χ0v) is 77.7. The van der Waals surface area contributed by atoms with E-state index in [9.17, 15) is 0 Å². The first-order valence-corrected chi connectivity index (χ1v) is 46.8. The maximum atomic E-state index is 6.37. The molecule has 3 fully saturated rings. The molecule has 16 aromatic carbocycles. The average Bonchev–Trinajstić information content (AvgIpc) is 1.53. The molecule has 2 spiro atoms. The minimum absolute atomic E-state index is 0. The number of anilines is 6. The largest absolute Gasteiger partial charge is 0.514 e. The number of para-hydroxylation sites is 6. The van der Waals surface area contributed by atoms with Crippen LogP contribution >= 0.6 is 15.9 Å². The molecule has 0 radical (unpaired) electrons. The Bertz CT molecular complexity index is 7400. The van der Waals surface area contributed by atoms with Gasteiger partial charge in [-0.3, -0.25) is 4.98 Å². The summed E-state index contributed by atoms with van der Waals surface area (Å²) in [5, 5.41) is 9.68. The molecule has 650 valence electrons. The van der Waals surface area contributed by atoms with Gasteiger partial charge in [0.05, 0.1) is 72.8 Å². The number of aromatic nitrogens is 2. The summed E-state index contributed by atoms with van der Waals surface area (Å²) >= 11 is 3.55. The molecule has 3 saturated heterocycles. The van der Waals surface area contributed by atoms with Crippen molar-refractivity contribution in [3.05, 3.63) is 425 Å². The van der Waals surface area contributed by atoms with Gasteiger partial charge in [-0.2, -0.15) is 0 Å². The fraction of sp³-hybridized carbons (Fsp3) is 0.176. The summed E-state index contributed by atoms with van der Waals surface area (Å²) in [7, 11) is -1.47. The topological polar surface area (TPSA) is 87.6 Å². The van der Waals surface area contributed by atoms with E-state index in [1.807, 2.05) is 73.8 Å². The molecule has 18 aromatic rings. The van der Waals surface area contributed by atoms with E-state index >= 15 is 0 Å². The van der Waals surface area contributed by atoms with E-state index in [0.29, 0.717) is 0 Å². The lowest BCUT2D eigenvalue weighted by molar-refractivity contribution is 0.00578. The van der Waals surface area contributed by atoms with Gasteiger partial charge in [-0.1, -0.05) is 299 Å². The summed E-state index contributed by atoms with van der Waals surface area (Å²) < 4.78 is 37.4. The maximum absolute atomic E-state index is 6.37. The standard InChI is InChI=1S/C56H43BN2O2.C50H31BrN2.C12H24B2O4.CH4/c1-54(2)55(3,4)61-57(60-54)51-33-31-37(35-58-51)53-43-23-10-8-21-41(43)52(42-22-9-11-24-44(42)53)36-30-32-40-39-20-12-13-25-45(39)56(48(40)34-36)46-26-14-16-28-49(46)59(38-18-6-5-7-19-38)50-29-17-15-27-47(50)56;51-47-29-27-33(31-52-47)49-39-19-6-4-17-37(39)48(38-18-5-7-20-40(38)49)32-26-28-36-35-16-8-9-21-41(35)50(44(36)30-32)42-22-10-12-24-45(42)53(34-14-2-1-3-15-34)46-25-13-11-23-43(46)50;1-9(2)10(3,4)16-13(15-9)14-17-11(5,6)12(7,8)18-14;/h5-35H,1-4H3;1-31H;1-8H3;1H4. The number of benzene rings is 16. The molecule has 0 amide bonds. The maximum Gasteiger partial charge on any atom is 0.514 e. The number of nitrogens with zero attached hydrogens (tertiary/aromatic N) is 4. The van der Waals surface area contributed by atoms with Crippen molar-refractivity contribution >= 4 is 120 Å². The Kier molecular flexibility index (Phi) is 20.4. The minimum atomic E-state index is -0.545. The van der Waals surface area contributed by atoms with E-state index in [2.05, 4.69) is 416 Å². The van der Waals surface area contributed by atoms with Crippen LogP contribution in [0.15, 0.2) is 381 Å². The second-order valence-electron chi connectivity index (χ2n) is 38.9. The number of halogens is 1. The Balaban J connectivity index is 0.000000131. The highest BCUT2D eigenvalue weighted by Gasteiger charge is 2.64. The minimum Gasteiger partial charge on any atom is -0.405 e. The molecule has 10 nitrogen and oxygen atoms in total. The van der Waals surface area contributed by atoms with Gasteiger partial charge in [0.2, 0.25) is 0 Å². The highest BCUT2D eigenvalue weighted by Crippen LogP contribution is 2.67. The zero-order chi connectivity index (χ0) is 90.2. The van der Waals surface area contributed by atoms with Gasteiger partial charge in [0.1, 0.15) is 4.60 Å². The molecule has 5 aliphatic heterocycles. The lowest BCUT2D eigenvalue weighted by atomic mass is 9.49.